The van der Waals surface area contributed by atoms with Crippen LogP contribution < -0.4 is 0 Å². The topological polar surface area (TPSA) is 64.3 Å². The molecule has 1 aromatic rings. The molecule has 3 rings (SSSR count). The zero-order chi connectivity index (χ0) is 18.5. The van der Waals surface area contributed by atoms with Crippen molar-refractivity contribution in [2.75, 3.05) is 6.61 Å². The minimum absolute atomic E-state index is 0.0251. The summed E-state index contributed by atoms with van der Waals surface area (Å²) in [5.74, 6) is 6.20. The van der Waals surface area contributed by atoms with E-state index in [1.807, 2.05) is 24.3 Å². The normalized spacial score (nSPS) is 25.1. The molecular formula is C22H26N2O2. The largest absolute Gasteiger partial charge is 0.394 e. The summed E-state index contributed by atoms with van der Waals surface area (Å²) >= 11 is 0. The Morgan fingerprint density at radius 1 is 1.27 bits per heavy atom. The van der Waals surface area contributed by atoms with Gasteiger partial charge in [0.25, 0.3) is 0 Å². The lowest BCUT2D eigenvalue weighted by molar-refractivity contribution is -0.151. The molecule has 136 valence electrons. The van der Waals surface area contributed by atoms with Crippen molar-refractivity contribution >= 4 is 5.91 Å². The summed E-state index contributed by atoms with van der Waals surface area (Å²) in [5, 5.41) is 19.5. The first-order valence-corrected chi connectivity index (χ1v) is 9.62. The van der Waals surface area contributed by atoms with E-state index in [1.54, 1.807) is 4.90 Å². The van der Waals surface area contributed by atoms with Gasteiger partial charge in [-0.2, -0.15) is 5.26 Å². The lowest BCUT2D eigenvalue weighted by atomic mass is 9.75. The highest BCUT2D eigenvalue weighted by atomic mass is 16.3. The first kappa shape index (κ1) is 18.5. The maximum atomic E-state index is 12.8. The molecule has 4 nitrogen and oxygen atoms in total. The van der Waals surface area contributed by atoms with Crippen LogP contribution in [-0.4, -0.2) is 34.6 Å². The van der Waals surface area contributed by atoms with Gasteiger partial charge in [-0.3, -0.25) is 4.79 Å². The highest BCUT2D eigenvalue weighted by Crippen LogP contribution is 2.42. The minimum atomic E-state index is -0.489. The summed E-state index contributed by atoms with van der Waals surface area (Å²) in [6.45, 7) is 1.99. The van der Waals surface area contributed by atoms with Crippen LogP contribution >= 0.6 is 0 Å². The monoisotopic (exact) mass is 350 g/mol. The van der Waals surface area contributed by atoms with Crippen molar-refractivity contribution in [3.05, 3.63) is 35.4 Å². The number of carbonyl (C=O) groups excluding carboxylic acids is 1. The van der Waals surface area contributed by atoms with Crippen molar-refractivity contribution in [3.63, 3.8) is 0 Å². The smallest absolute Gasteiger partial charge is 0.227 e. The van der Waals surface area contributed by atoms with Gasteiger partial charge in [0.05, 0.1) is 18.7 Å². The molecule has 1 amide bonds. The summed E-state index contributed by atoms with van der Waals surface area (Å²) in [7, 11) is 0. The third-order valence-electron chi connectivity index (χ3n) is 5.59. The Labute approximate surface area is 155 Å². The van der Waals surface area contributed by atoms with Gasteiger partial charge in [0, 0.05) is 23.8 Å². The molecule has 2 fully saturated rings. The van der Waals surface area contributed by atoms with E-state index in [-0.39, 0.29) is 30.4 Å². The van der Waals surface area contributed by atoms with E-state index in [2.05, 4.69) is 24.8 Å². The number of hydrogen-bond acceptors (Lipinski definition) is 3. The van der Waals surface area contributed by atoms with E-state index in [0.29, 0.717) is 0 Å². The van der Waals surface area contributed by atoms with Crippen LogP contribution in [0.4, 0.5) is 0 Å². The number of amides is 1. The SMILES string of the molecule is CCCC#Cc1ccc([C@H]2[C@@H](CO)N(C(=O)C3CCCC3)[C@H]2C#N)cc1. The lowest BCUT2D eigenvalue weighted by Gasteiger charge is -2.52. The summed E-state index contributed by atoms with van der Waals surface area (Å²) in [4.78, 5) is 14.4. The van der Waals surface area contributed by atoms with Crippen LogP contribution in [0.15, 0.2) is 24.3 Å². The Kier molecular flexibility index (Phi) is 5.96. The molecule has 2 aliphatic rings. The molecule has 0 bridgehead atoms. The third kappa shape index (κ3) is 3.48. The van der Waals surface area contributed by atoms with Gasteiger partial charge < -0.3 is 10.0 Å². The van der Waals surface area contributed by atoms with Crippen LogP contribution in [0.25, 0.3) is 0 Å². The summed E-state index contributed by atoms with van der Waals surface area (Å²) in [6.07, 6.45) is 5.89. The predicted octanol–water partition coefficient (Wildman–Crippen LogP) is 3.21. The fourth-order valence-corrected chi connectivity index (χ4v) is 4.17. The van der Waals surface area contributed by atoms with Crippen molar-refractivity contribution < 1.29 is 9.90 Å². The number of carbonyl (C=O) groups is 1. The van der Waals surface area contributed by atoms with E-state index in [4.69, 9.17) is 0 Å². The second-order valence-electron chi connectivity index (χ2n) is 7.25. The maximum Gasteiger partial charge on any atom is 0.227 e. The van der Waals surface area contributed by atoms with E-state index >= 15 is 0 Å². The Balaban J connectivity index is 1.76. The number of hydrogen-bond donors (Lipinski definition) is 1. The Morgan fingerprint density at radius 2 is 1.96 bits per heavy atom. The molecule has 1 aromatic carbocycles. The lowest BCUT2D eigenvalue weighted by Crippen LogP contribution is -2.66. The van der Waals surface area contributed by atoms with Gasteiger partial charge in [-0.1, -0.05) is 43.7 Å². The van der Waals surface area contributed by atoms with Crippen LogP contribution in [0.2, 0.25) is 0 Å². The molecule has 0 spiro atoms. The number of likely N-dealkylation sites (tertiary alicyclic amines) is 1. The van der Waals surface area contributed by atoms with Gasteiger partial charge in [0.15, 0.2) is 0 Å². The highest BCUT2D eigenvalue weighted by molar-refractivity contribution is 5.82. The number of unbranched alkanes of at least 4 members (excludes halogenated alkanes) is 1. The predicted molar refractivity (Wildman–Crippen MR) is 100 cm³/mol. The van der Waals surface area contributed by atoms with Gasteiger partial charge in [0.1, 0.15) is 6.04 Å². The summed E-state index contributed by atoms with van der Waals surface area (Å²) in [5.41, 5.74) is 1.95. The average molecular weight is 350 g/mol. The van der Waals surface area contributed by atoms with Crippen LogP contribution in [0, 0.1) is 29.1 Å². The Morgan fingerprint density at radius 3 is 2.54 bits per heavy atom. The number of benzene rings is 1. The molecule has 1 N–H and O–H groups in total. The molecule has 1 aliphatic heterocycles. The van der Waals surface area contributed by atoms with Crippen molar-refractivity contribution in [1.29, 1.82) is 5.26 Å². The van der Waals surface area contributed by atoms with Crippen LogP contribution in [0.1, 0.15) is 62.5 Å². The maximum absolute atomic E-state index is 12.8. The molecular weight excluding hydrogens is 324 g/mol. The van der Waals surface area contributed by atoms with Gasteiger partial charge in [-0.15, -0.1) is 0 Å². The zero-order valence-electron chi connectivity index (χ0n) is 15.3. The number of nitrogens with zero attached hydrogens (tertiary/aromatic N) is 2. The van der Waals surface area contributed by atoms with E-state index in [1.165, 1.54) is 0 Å². The summed E-state index contributed by atoms with van der Waals surface area (Å²) < 4.78 is 0. The molecule has 0 radical (unpaired) electrons. The van der Waals surface area contributed by atoms with E-state index in [9.17, 15) is 15.2 Å². The minimum Gasteiger partial charge on any atom is -0.394 e. The van der Waals surface area contributed by atoms with Gasteiger partial charge >= 0.3 is 0 Å². The van der Waals surface area contributed by atoms with Gasteiger partial charge in [-0.25, -0.2) is 0 Å². The molecule has 1 aliphatic carbocycles. The Hall–Kier alpha value is -2.30. The highest BCUT2D eigenvalue weighted by Gasteiger charge is 2.52. The molecule has 3 atom stereocenters. The second kappa shape index (κ2) is 8.39. The molecule has 0 aromatic heterocycles. The van der Waals surface area contributed by atoms with Crippen LogP contribution in [0.3, 0.4) is 0 Å². The first-order valence-electron chi connectivity index (χ1n) is 9.62. The van der Waals surface area contributed by atoms with Crippen molar-refractivity contribution in [3.8, 4) is 17.9 Å². The van der Waals surface area contributed by atoms with E-state index < -0.39 is 6.04 Å². The molecule has 1 heterocycles. The number of nitriles is 1. The van der Waals surface area contributed by atoms with Gasteiger partial charge in [-0.05, 0) is 37.0 Å². The van der Waals surface area contributed by atoms with Gasteiger partial charge in [0.2, 0.25) is 5.91 Å². The Bertz CT molecular complexity index is 732. The fourth-order valence-electron chi connectivity index (χ4n) is 4.17. The molecule has 0 unspecified atom stereocenters. The second-order valence-corrected chi connectivity index (χ2v) is 7.25. The number of aliphatic hydroxyl groups excluding tert-OH is 1. The quantitative estimate of drug-likeness (QED) is 0.848. The molecule has 1 saturated carbocycles. The number of rotatable bonds is 4. The van der Waals surface area contributed by atoms with Crippen LogP contribution in [-0.2, 0) is 4.79 Å². The molecule has 1 saturated heterocycles. The fraction of sp³-hybridized carbons (Fsp3) is 0.545. The van der Waals surface area contributed by atoms with Crippen LogP contribution in [0.5, 0.6) is 0 Å². The standard InChI is InChI=1S/C22H26N2O2/c1-2-3-4-7-16-10-12-17(13-11-16)21-19(14-23)24(20(21)15-25)22(26)18-8-5-6-9-18/h10-13,18-21,25H,2-3,5-6,8-9,15H2,1H3/t19-,20+,21+/m0/s1. The molecule has 4 heteroatoms. The molecule has 26 heavy (non-hydrogen) atoms. The van der Waals surface area contributed by atoms with Crippen molar-refractivity contribution in [2.24, 2.45) is 5.92 Å². The summed E-state index contributed by atoms with van der Waals surface area (Å²) in [6, 6.07) is 9.38. The third-order valence-corrected chi connectivity index (χ3v) is 5.59. The first-order chi connectivity index (χ1) is 12.7. The number of aliphatic hydroxyl groups is 1. The van der Waals surface area contributed by atoms with Crippen molar-refractivity contribution in [1.82, 2.24) is 4.90 Å². The van der Waals surface area contributed by atoms with Crippen molar-refractivity contribution in [2.45, 2.75) is 63.5 Å². The zero-order valence-corrected chi connectivity index (χ0v) is 15.3. The average Bonchev–Trinajstić information content (AvgIpc) is 3.18. The van der Waals surface area contributed by atoms with E-state index in [0.717, 1.165) is 49.7 Å².